The van der Waals surface area contributed by atoms with Crippen molar-refractivity contribution in [3.63, 3.8) is 0 Å². The number of carboxylic acids is 1. The number of carboxylic acid groups (broad SMARTS) is 1. The summed E-state index contributed by atoms with van der Waals surface area (Å²) < 4.78 is 0.949. The molecule has 1 heterocycles. The number of carbonyl (C=O) groups excluding carboxylic acids is 1. The molecular weight excluding hydrogens is 334 g/mol. The predicted octanol–water partition coefficient (Wildman–Crippen LogP) is 3.47. The molecule has 1 N–H and O–H groups in total. The summed E-state index contributed by atoms with van der Waals surface area (Å²) in [7, 11) is 0. The predicted molar refractivity (Wildman–Crippen MR) is 84.4 cm³/mol. The number of carbonyl (C=O) groups is 2. The van der Waals surface area contributed by atoms with Crippen LogP contribution < -0.4 is 0 Å². The molecule has 1 aromatic carbocycles. The summed E-state index contributed by atoms with van der Waals surface area (Å²) in [5.41, 5.74) is 1.82. The molecule has 0 aliphatic carbocycles. The Balaban J connectivity index is 1.90. The molecule has 0 radical (unpaired) electrons. The van der Waals surface area contributed by atoms with E-state index in [0.717, 1.165) is 22.9 Å². The molecule has 1 aliphatic heterocycles. The molecule has 0 unspecified atom stereocenters. The minimum atomic E-state index is -0.738. The average Bonchev–Trinajstić information content (AvgIpc) is 2.48. The van der Waals surface area contributed by atoms with Crippen molar-refractivity contribution >= 4 is 27.8 Å². The van der Waals surface area contributed by atoms with Crippen LogP contribution in [0, 0.1) is 12.8 Å². The van der Waals surface area contributed by atoms with E-state index in [9.17, 15) is 9.59 Å². The van der Waals surface area contributed by atoms with Crippen LogP contribution >= 0.6 is 15.9 Å². The van der Waals surface area contributed by atoms with Crippen LogP contribution in [-0.2, 0) is 4.79 Å². The summed E-state index contributed by atoms with van der Waals surface area (Å²) in [5.74, 6) is -0.250. The fourth-order valence-corrected chi connectivity index (χ4v) is 3.04. The molecule has 0 atom stereocenters. The van der Waals surface area contributed by atoms with Gasteiger partial charge in [0.2, 0.25) is 0 Å². The van der Waals surface area contributed by atoms with E-state index in [1.807, 2.05) is 30.0 Å². The summed E-state index contributed by atoms with van der Waals surface area (Å²) in [5, 5.41) is 8.71. The standard InChI is InChI=1S/C16H20BrNO3/c1-11-2-4-13(10-14(11)17)16(21)18-8-6-12(7-9-18)3-5-15(19)20/h2,4,10,12H,3,5-9H2,1H3,(H,19,20). The van der Waals surface area contributed by atoms with Crippen LogP contribution in [0.25, 0.3) is 0 Å². The zero-order valence-electron chi connectivity index (χ0n) is 12.1. The Hall–Kier alpha value is -1.36. The van der Waals surface area contributed by atoms with Crippen molar-refractivity contribution in [1.29, 1.82) is 0 Å². The normalized spacial score (nSPS) is 16.0. The number of benzene rings is 1. The summed E-state index contributed by atoms with van der Waals surface area (Å²) in [4.78, 5) is 24.9. The number of halogens is 1. The second-order valence-corrected chi connectivity index (χ2v) is 6.49. The quantitative estimate of drug-likeness (QED) is 0.901. The van der Waals surface area contributed by atoms with Crippen LogP contribution in [0.3, 0.4) is 0 Å². The number of piperidine rings is 1. The molecule has 1 aromatic rings. The van der Waals surface area contributed by atoms with Gasteiger partial charge in [0.05, 0.1) is 0 Å². The molecule has 1 aliphatic rings. The van der Waals surface area contributed by atoms with Crippen LogP contribution in [0.4, 0.5) is 0 Å². The lowest BCUT2D eigenvalue weighted by Gasteiger charge is -2.32. The van der Waals surface area contributed by atoms with Crippen molar-refractivity contribution < 1.29 is 14.7 Å². The van der Waals surface area contributed by atoms with Gasteiger partial charge >= 0.3 is 5.97 Å². The number of likely N-dealkylation sites (tertiary alicyclic amines) is 1. The topological polar surface area (TPSA) is 57.6 Å². The first-order chi connectivity index (χ1) is 9.97. The van der Waals surface area contributed by atoms with E-state index in [0.29, 0.717) is 31.0 Å². The number of rotatable bonds is 4. The highest BCUT2D eigenvalue weighted by Crippen LogP contribution is 2.24. The van der Waals surface area contributed by atoms with Gasteiger partial charge in [0, 0.05) is 29.5 Å². The van der Waals surface area contributed by atoms with Gasteiger partial charge in [-0.1, -0.05) is 22.0 Å². The zero-order chi connectivity index (χ0) is 15.4. The first-order valence-electron chi connectivity index (χ1n) is 7.24. The van der Waals surface area contributed by atoms with E-state index in [-0.39, 0.29) is 12.3 Å². The van der Waals surface area contributed by atoms with E-state index in [4.69, 9.17) is 5.11 Å². The Kier molecular flexibility index (Phi) is 5.39. The number of hydrogen-bond donors (Lipinski definition) is 1. The molecule has 21 heavy (non-hydrogen) atoms. The SMILES string of the molecule is Cc1ccc(C(=O)N2CCC(CCC(=O)O)CC2)cc1Br. The molecule has 1 saturated heterocycles. The van der Waals surface area contributed by atoms with Gasteiger partial charge in [-0.15, -0.1) is 0 Å². The molecule has 1 fully saturated rings. The Bertz CT molecular complexity index is 536. The lowest BCUT2D eigenvalue weighted by molar-refractivity contribution is -0.137. The zero-order valence-corrected chi connectivity index (χ0v) is 13.7. The highest BCUT2D eigenvalue weighted by Gasteiger charge is 2.24. The van der Waals surface area contributed by atoms with E-state index < -0.39 is 5.97 Å². The van der Waals surface area contributed by atoms with Crippen LogP contribution in [-0.4, -0.2) is 35.0 Å². The molecule has 2 rings (SSSR count). The molecule has 0 spiro atoms. The largest absolute Gasteiger partial charge is 0.481 e. The molecule has 114 valence electrons. The third-order valence-electron chi connectivity index (χ3n) is 4.09. The number of aryl methyl sites for hydroxylation is 1. The van der Waals surface area contributed by atoms with Crippen molar-refractivity contribution in [1.82, 2.24) is 4.90 Å². The summed E-state index contributed by atoms with van der Waals surface area (Å²) in [6.07, 6.45) is 2.73. The fraction of sp³-hybridized carbons (Fsp3) is 0.500. The second-order valence-electron chi connectivity index (χ2n) is 5.63. The third kappa shape index (κ3) is 4.30. The molecular formula is C16H20BrNO3. The van der Waals surface area contributed by atoms with E-state index in [1.54, 1.807) is 0 Å². The Morgan fingerprint density at radius 2 is 2.00 bits per heavy atom. The smallest absolute Gasteiger partial charge is 0.303 e. The molecule has 4 nitrogen and oxygen atoms in total. The highest BCUT2D eigenvalue weighted by molar-refractivity contribution is 9.10. The van der Waals surface area contributed by atoms with Crippen molar-refractivity contribution in [3.05, 3.63) is 33.8 Å². The second kappa shape index (κ2) is 7.07. The van der Waals surface area contributed by atoms with Crippen LogP contribution in [0.5, 0.6) is 0 Å². The van der Waals surface area contributed by atoms with Crippen molar-refractivity contribution in [2.24, 2.45) is 5.92 Å². The third-order valence-corrected chi connectivity index (χ3v) is 4.94. The number of aliphatic carboxylic acids is 1. The summed E-state index contributed by atoms with van der Waals surface area (Å²) >= 11 is 3.46. The molecule has 0 bridgehead atoms. The van der Waals surface area contributed by atoms with Crippen LogP contribution in [0.1, 0.15) is 41.6 Å². The maximum atomic E-state index is 12.4. The van der Waals surface area contributed by atoms with Gasteiger partial charge < -0.3 is 10.0 Å². The van der Waals surface area contributed by atoms with Crippen molar-refractivity contribution in [2.75, 3.05) is 13.1 Å². The van der Waals surface area contributed by atoms with Crippen molar-refractivity contribution in [2.45, 2.75) is 32.6 Å². The van der Waals surface area contributed by atoms with Gasteiger partial charge in [0.25, 0.3) is 5.91 Å². The monoisotopic (exact) mass is 353 g/mol. The molecule has 5 heteroatoms. The van der Waals surface area contributed by atoms with Gasteiger partial charge in [-0.05, 0) is 49.8 Å². The first-order valence-corrected chi connectivity index (χ1v) is 8.04. The Labute approximate surface area is 133 Å². The minimum absolute atomic E-state index is 0.0624. The molecule has 0 aromatic heterocycles. The Morgan fingerprint density at radius 1 is 1.33 bits per heavy atom. The molecule has 1 amide bonds. The lowest BCUT2D eigenvalue weighted by atomic mass is 9.92. The van der Waals surface area contributed by atoms with Gasteiger partial charge in [-0.3, -0.25) is 9.59 Å². The lowest BCUT2D eigenvalue weighted by Crippen LogP contribution is -2.38. The summed E-state index contributed by atoms with van der Waals surface area (Å²) in [6, 6.07) is 5.67. The van der Waals surface area contributed by atoms with E-state index >= 15 is 0 Å². The van der Waals surface area contributed by atoms with E-state index in [2.05, 4.69) is 15.9 Å². The summed E-state index contributed by atoms with van der Waals surface area (Å²) in [6.45, 7) is 3.43. The minimum Gasteiger partial charge on any atom is -0.481 e. The Morgan fingerprint density at radius 3 is 2.57 bits per heavy atom. The van der Waals surface area contributed by atoms with Crippen LogP contribution in [0.15, 0.2) is 22.7 Å². The van der Waals surface area contributed by atoms with Gasteiger partial charge in [0.1, 0.15) is 0 Å². The number of amides is 1. The van der Waals surface area contributed by atoms with Gasteiger partial charge in [0.15, 0.2) is 0 Å². The van der Waals surface area contributed by atoms with Crippen molar-refractivity contribution in [3.8, 4) is 0 Å². The van der Waals surface area contributed by atoms with Gasteiger partial charge in [-0.25, -0.2) is 0 Å². The number of hydrogen-bond acceptors (Lipinski definition) is 2. The highest BCUT2D eigenvalue weighted by atomic mass is 79.9. The first kappa shape index (κ1) is 16.0. The fourth-order valence-electron chi connectivity index (χ4n) is 2.66. The maximum Gasteiger partial charge on any atom is 0.303 e. The van der Waals surface area contributed by atoms with Gasteiger partial charge in [-0.2, -0.15) is 0 Å². The van der Waals surface area contributed by atoms with Crippen LogP contribution in [0.2, 0.25) is 0 Å². The number of nitrogens with zero attached hydrogens (tertiary/aromatic N) is 1. The van der Waals surface area contributed by atoms with E-state index in [1.165, 1.54) is 0 Å². The maximum absolute atomic E-state index is 12.4. The average molecular weight is 354 g/mol. The molecule has 0 saturated carbocycles.